The number of nitrogens with one attached hydrogen (secondary N) is 2. The highest BCUT2D eigenvalue weighted by atomic mass is 16.4. The van der Waals surface area contributed by atoms with Gasteiger partial charge in [-0.2, -0.15) is 0 Å². The first-order chi connectivity index (χ1) is 7.49. The van der Waals surface area contributed by atoms with Crippen molar-refractivity contribution in [3.8, 4) is 0 Å². The summed E-state index contributed by atoms with van der Waals surface area (Å²) >= 11 is 0. The van der Waals surface area contributed by atoms with Gasteiger partial charge in [0.25, 0.3) is 0 Å². The molecule has 5 nitrogen and oxygen atoms in total. The quantitative estimate of drug-likeness (QED) is 0.642. The molecule has 1 aliphatic carbocycles. The summed E-state index contributed by atoms with van der Waals surface area (Å²) in [6.07, 6.45) is 2.92. The molecule has 1 aliphatic rings. The van der Waals surface area contributed by atoms with E-state index in [4.69, 9.17) is 5.11 Å². The monoisotopic (exact) mass is 228 g/mol. The normalized spacial score (nSPS) is 18.6. The second kappa shape index (κ2) is 5.72. The second-order valence-electron chi connectivity index (χ2n) is 4.58. The van der Waals surface area contributed by atoms with E-state index in [0.29, 0.717) is 12.3 Å². The Morgan fingerprint density at radius 3 is 2.44 bits per heavy atom. The van der Waals surface area contributed by atoms with Crippen LogP contribution in [-0.2, 0) is 4.79 Å². The topological polar surface area (TPSA) is 78.4 Å². The van der Waals surface area contributed by atoms with Gasteiger partial charge in [0, 0.05) is 18.5 Å². The summed E-state index contributed by atoms with van der Waals surface area (Å²) < 4.78 is 0. The van der Waals surface area contributed by atoms with Gasteiger partial charge in [-0.15, -0.1) is 0 Å². The number of rotatable bonds is 6. The van der Waals surface area contributed by atoms with E-state index in [0.717, 1.165) is 0 Å². The molecule has 1 saturated carbocycles. The number of carbonyl (C=O) groups is 2. The summed E-state index contributed by atoms with van der Waals surface area (Å²) in [6.45, 7) is 3.81. The minimum absolute atomic E-state index is 0.0830. The van der Waals surface area contributed by atoms with Gasteiger partial charge in [0.15, 0.2) is 0 Å². The molecule has 5 heteroatoms. The Labute approximate surface area is 95.6 Å². The van der Waals surface area contributed by atoms with Crippen LogP contribution in [0.4, 0.5) is 4.79 Å². The molecule has 0 spiro atoms. The third kappa shape index (κ3) is 5.00. The van der Waals surface area contributed by atoms with Crippen molar-refractivity contribution in [2.75, 3.05) is 0 Å². The molecular formula is C11H20N2O3. The Bertz CT molecular complexity index is 264. The lowest BCUT2D eigenvalue weighted by molar-refractivity contribution is -0.137. The summed E-state index contributed by atoms with van der Waals surface area (Å²) in [4.78, 5) is 21.8. The van der Waals surface area contributed by atoms with Crippen molar-refractivity contribution < 1.29 is 14.7 Å². The molecule has 0 heterocycles. The first kappa shape index (κ1) is 12.8. The second-order valence-corrected chi connectivity index (χ2v) is 4.58. The fourth-order valence-electron chi connectivity index (χ4n) is 1.60. The average molecular weight is 228 g/mol. The SMILES string of the molecule is CC(CCC(=O)O)NC(=O)NC(C)C1CC1. The van der Waals surface area contributed by atoms with Crippen LogP contribution in [0.3, 0.4) is 0 Å². The third-order valence-corrected chi connectivity index (χ3v) is 2.86. The zero-order valence-corrected chi connectivity index (χ0v) is 9.82. The van der Waals surface area contributed by atoms with Crippen LogP contribution in [0.5, 0.6) is 0 Å². The van der Waals surface area contributed by atoms with Crippen molar-refractivity contribution in [2.45, 2.75) is 51.6 Å². The molecule has 3 N–H and O–H groups in total. The van der Waals surface area contributed by atoms with Crippen molar-refractivity contribution in [1.29, 1.82) is 0 Å². The summed E-state index contributed by atoms with van der Waals surface area (Å²) in [5.74, 6) is -0.208. The van der Waals surface area contributed by atoms with E-state index in [2.05, 4.69) is 10.6 Å². The Morgan fingerprint density at radius 2 is 1.94 bits per heavy atom. The van der Waals surface area contributed by atoms with Gasteiger partial charge in [0.05, 0.1) is 0 Å². The van der Waals surface area contributed by atoms with E-state index < -0.39 is 5.97 Å². The van der Waals surface area contributed by atoms with E-state index in [1.54, 1.807) is 0 Å². The fourth-order valence-corrected chi connectivity index (χ4v) is 1.60. The number of hydrogen-bond donors (Lipinski definition) is 3. The molecule has 2 atom stereocenters. The van der Waals surface area contributed by atoms with Gasteiger partial charge in [-0.3, -0.25) is 4.79 Å². The Kier molecular flexibility index (Phi) is 4.58. The van der Waals surface area contributed by atoms with Crippen LogP contribution < -0.4 is 10.6 Å². The van der Waals surface area contributed by atoms with Crippen molar-refractivity contribution in [3.63, 3.8) is 0 Å². The molecule has 1 fully saturated rings. The maximum Gasteiger partial charge on any atom is 0.315 e. The highest BCUT2D eigenvalue weighted by Crippen LogP contribution is 2.32. The van der Waals surface area contributed by atoms with Crippen molar-refractivity contribution in [3.05, 3.63) is 0 Å². The molecular weight excluding hydrogens is 208 g/mol. The van der Waals surface area contributed by atoms with Crippen LogP contribution in [-0.4, -0.2) is 29.2 Å². The zero-order valence-electron chi connectivity index (χ0n) is 9.82. The molecule has 0 aromatic carbocycles. The number of carboxylic acids is 1. The predicted octanol–water partition coefficient (Wildman–Crippen LogP) is 1.34. The molecule has 0 aromatic rings. The first-order valence-corrected chi connectivity index (χ1v) is 5.78. The van der Waals surface area contributed by atoms with E-state index in [-0.39, 0.29) is 24.5 Å². The molecule has 2 unspecified atom stereocenters. The highest BCUT2D eigenvalue weighted by molar-refractivity contribution is 5.74. The molecule has 1 rings (SSSR count). The highest BCUT2D eigenvalue weighted by Gasteiger charge is 2.28. The third-order valence-electron chi connectivity index (χ3n) is 2.86. The minimum Gasteiger partial charge on any atom is -0.481 e. The molecule has 0 saturated heterocycles. The van der Waals surface area contributed by atoms with Crippen LogP contribution in [0.25, 0.3) is 0 Å². The van der Waals surface area contributed by atoms with E-state index in [1.165, 1.54) is 12.8 Å². The average Bonchev–Trinajstić information content (AvgIpc) is 2.97. The Hall–Kier alpha value is -1.26. The van der Waals surface area contributed by atoms with Crippen molar-refractivity contribution >= 4 is 12.0 Å². The van der Waals surface area contributed by atoms with Crippen molar-refractivity contribution in [1.82, 2.24) is 10.6 Å². The number of hydrogen-bond acceptors (Lipinski definition) is 2. The van der Waals surface area contributed by atoms with Gasteiger partial charge in [0.2, 0.25) is 0 Å². The van der Waals surface area contributed by atoms with Crippen LogP contribution >= 0.6 is 0 Å². The lowest BCUT2D eigenvalue weighted by Crippen LogP contribution is -2.45. The van der Waals surface area contributed by atoms with Gasteiger partial charge in [-0.25, -0.2) is 4.79 Å². The van der Waals surface area contributed by atoms with Crippen LogP contribution in [0.15, 0.2) is 0 Å². The standard InChI is InChI=1S/C11H20N2O3/c1-7(3-6-10(14)15)12-11(16)13-8(2)9-4-5-9/h7-9H,3-6H2,1-2H3,(H,14,15)(H2,12,13,16). The summed E-state index contributed by atoms with van der Waals surface area (Å²) in [7, 11) is 0. The zero-order chi connectivity index (χ0) is 12.1. The number of aliphatic carboxylic acids is 1. The van der Waals surface area contributed by atoms with Gasteiger partial charge in [-0.1, -0.05) is 0 Å². The number of urea groups is 1. The van der Waals surface area contributed by atoms with Crippen LogP contribution in [0.1, 0.15) is 39.5 Å². The maximum atomic E-state index is 11.5. The smallest absolute Gasteiger partial charge is 0.315 e. The Balaban J connectivity index is 2.14. The summed E-state index contributed by atoms with van der Waals surface area (Å²) in [5.41, 5.74) is 0. The molecule has 0 aliphatic heterocycles. The minimum atomic E-state index is -0.833. The van der Waals surface area contributed by atoms with Gasteiger partial charge < -0.3 is 15.7 Å². The lowest BCUT2D eigenvalue weighted by atomic mass is 10.2. The fraction of sp³-hybridized carbons (Fsp3) is 0.818. The van der Waals surface area contributed by atoms with Gasteiger partial charge in [0.1, 0.15) is 0 Å². The van der Waals surface area contributed by atoms with Crippen molar-refractivity contribution in [2.24, 2.45) is 5.92 Å². The first-order valence-electron chi connectivity index (χ1n) is 5.78. The summed E-state index contributed by atoms with van der Waals surface area (Å²) in [6, 6.07) is -0.0912. The molecule has 0 radical (unpaired) electrons. The lowest BCUT2D eigenvalue weighted by Gasteiger charge is -2.17. The molecule has 16 heavy (non-hydrogen) atoms. The van der Waals surface area contributed by atoms with Gasteiger partial charge >= 0.3 is 12.0 Å². The molecule has 2 amide bonds. The maximum absolute atomic E-state index is 11.5. The molecule has 0 aromatic heterocycles. The number of amides is 2. The van der Waals surface area contributed by atoms with E-state index in [1.807, 2.05) is 13.8 Å². The summed E-state index contributed by atoms with van der Waals surface area (Å²) in [5, 5.41) is 14.1. The molecule has 92 valence electrons. The van der Waals surface area contributed by atoms with Gasteiger partial charge in [-0.05, 0) is 39.0 Å². The van der Waals surface area contributed by atoms with Crippen LogP contribution in [0.2, 0.25) is 0 Å². The van der Waals surface area contributed by atoms with E-state index in [9.17, 15) is 9.59 Å². The Morgan fingerprint density at radius 1 is 1.31 bits per heavy atom. The predicted molar refractivity (Wildman–Crippen MR) is 60.2 cm³/mol. The largest absolute Gasteiger partial charge is 0.481 e. The number of carboxylic acid groups (broad SMARTS) is 1. The van der Waals surface area contributed by atoms with Crippen LogP contribution in [0, 0.1) is 5.92 Å². The molecule has 0 bridgehead atoms. The van der Waals surface area contributed by atoms with E-state index >= 15 is 0 Å². The number of carbonyl (C=O) groups excluding carboxylic acids is 1.